The molecule has 0 aromatic heterocycles. The van der Waals surface area contributed by atoms with Crippen molar-refractivity contribution >= 4 is 17.9 Å². The smallest absolute Gasteiger partial charge is 0.410 e. The molecule has 2 rings (SSSR count). The Morgan fingerprint density at radius 1 is 1.40 bits per heavy atom. The predicted molar refractivity (Wildman–Crippen MR) is 84.0 cm³/mol. The summed E-state index contributed by atoms with van der Waals surface area (Å²) in [5.41, 5.74) is 5.54. The highest BCUT2D eigenvalue weighted by molar-refractivity contribution is 8.00. The number of thioether (sulfide) groups is 1. The Morgan fingerprint density at radius 2 is 2.15 bits per heavy atom. The third kappa shape index (κ3) is 3.61. The van der Waals surface area contributed by atoms with Crippen LogP contribution >= 0.6 is 11.8 Å². The van der Waals surface area contributed by atoms with Crippen LogP contribution in [0.2, 0.25) is 0 Å². The van der Waals surface area contributed by atoms with Gasteiger partial charge in [-0.05, 0) is 64.7 Å². The van der Waals surface area contributed by atoms with Gasteiger partial charge in [-0.1, -0.05) is 0 Å². The quantitative estimate of drug-likeness (QED) is 0.809. The minimum atomic E-state index is -0.414. The van der Waals surface area contributed by atoms with Gasteiger partial charge in [0.05, 0.1) is 0 Å². The lowest BCUT2D eigenvalue weighted by Gasteiger charge is -2.33. The van der Waals surface area contributed by atoms with Gasteiger partial charge in [-0.3, -0.25) is 0 Å². The Bertz CT molecular complexity index is 356. The molecule has 1 amide bonds. The Morgan fingerprint density at radius 3 is 2.80 bits per heavy atom. The number of carbonyl (C=O) groups excluding carboxylic acids is 1. The first kappa shape index (κ1) is 16.0. The minimum absolute atomic E-state index is 0.165. The van der Waals surface area contributed by atoms with Crippen molar-refractivity contribution in [1.29, 1.82) is 0 Å². The van der Waals surface area contributed by atoms with Crippen LogP contribution in [0.1, 0.15) is 46.5 Å². The molecule has 5 heteroatoms. The highest BCUT2D eigenvalue weighted by atomic mass is 32.2. The molecule has 2 unspecified atom stereocenters. The summed E-state index contributed by atoms with van der Waals surface area (Å²) >= 11 is 2.08. The van der Waals surface area contributed by atoms with Crippen LogP contribution in [0.15, 0.2) is 0 Å². The third-order valence-corrected chi connectivity index (χ3v) is 6.13. The van der Waals surface area contributed by atoms with Crippen molar-refractivity contribution in [2.45, 2.75) is 56.8 Å². The molecule has 116 valence electrons. The number of nitrogens with zero attached hydrogens (tertiary/aromatic N) is 1. The molecule has 0 aromatic rings. The van der Waals surface area contributed by atoms with Crippen molar-refractivity contribution < 1.29 is 9.53 Å². The van der Waals surface area contributed by atoms with Gasteiger partial charge in [-0.15, -0.1) is 0 Å². The Kier molecular flexibility index (Phi) is 4.90. The topological polar surface area (TPSA) is 55.6 Å². The van der Waals surface area contributed by atoms with Gasteiger partial charge >= 0.3 is 6.09 Å². The van der Waals surface area contributed by atoms with E-state index in [1.54, 1.807) is 0 Å². The van der Waals surface area contributed by atoms with Crippen LogP contribution in [0.4, 0.5) is 4.79 Å². The first-order valence-corrected chi connectivity index (χ1v) is 8.67. The van der Waals surface area contributed by atoms with Gasteiger partial charge in [-0.2, -0.15) is 11.8 Å². The van der Waals surface area contributed by atoms with Crippen molar-refractivity contribution in [3.05, 3.63) is 0 Å². The number of amides is 1. The molecule has 0 aliphatic carbocycles. The van der Waals surface area contributed by atoms with Gasteiger partial charge in [0.1, 0.15) is 5.60 Å². The fraction of sp³-hybridized carbons (Fsp3) is 0.933. The van der Waals surface area contributed by atoms with E-state index in [0.29, 0.717) is 10.7 Å². The maximum Gasteiger partial charge on any atom is 0.410 e. The maximum absolute atomic E-state index is 12.2. The van der Waals surface area contributed by atoms with E-state index in [9.17, 15) is 4.79 Å². The summed E-state index contributed by atoms with van der Waals surface area (Å²) in [6.07, 6.45) is 4.36. The van der Waals surface area contributed by atoms with Crippen LogP contribution in [0.3, 0.4) is 0 Å². The molecular weight excluding hydrogens is 272 g/mol. The second-order valence-electron chi connectivity index (χ2n) is 6.96. The number of likely N-dealkylation sites (tertiary alicyclic amines) is 1. The summed E-state index contributed by atoms with van der Waals surface area (Å²) in [5.74, 6) is 1.83. The largest absolute Gasteiger partial charge is 0.444 e. The number of nitrogens with two attached hydrogens (primary N) is 1. The van der Waals surface area contributed by atoms with Crippen molar-refractivity contribution in [3.8, 4) is 0 Å². The standard InChI is InChI=1S/C15H28N2O2S/c1-14(2,3)19-13(18)17-8-4-6-15(7-9-17)12(11-16)5-10-20-15/h12H,4-11,16H2,1-3H3. The van der Waals surface area contributed by atoms with Crippen molar-refractivity contribution in [2.24, 2.45) is 11.7 Å². The van der Waals surface area contributed by atoms with E-state index in [4.69, 9.17) is 10.5 Å². The summed E-state index contributed by atoms with van der Waals surface area (Å²) in [4.78, 5) is 14.1. The van der Waals surface area contributed by atoms with Gasteiger partial charge in [-0.25, -0.2) is 4.79 Å². The molecule has 2 fully saturated rings. The molecule has 0 radical (unpaired) electrons. The van der Waals surface area contributed by atoms with Crippen LogP contribution in [0.5, 0.6) is 0 Å². The lowest BCUT2D eigenvalue weighted by Crippen LogP contribution is -2.39. The lowest BCUT2D eigenvalue weighted by molar-refractivity contribution is 0.0255. The second kappa shape index (κ2) is 6.14. The Hall–Kier alpha value is -0.420. The zero-order valence-electron chi connectivity index (χ0n) is 13.0. The summed E-state index contributed by atoms with van der Waals surface area (Å²) in [5, 5.41) is 0. The van der Waals surface area contributed by atoms with Crippen molar-refractivity contribution in [3.63, 3.8) is 0 Å². The van der Waals surface area contributed by atoms with Gasteiger partial charge in [0, 0.05) is 17.8 Å². The van der Waals surface area contributed by atoms with Gasteiger partial charge < -0.3 is 15.4 Å². The van der Waals surface area contributed by atoms with E-state index in [1.165, 1.54) is 18.6 Å². The second-order valence-corrected chi connectivity index (χ2v) is 8.47. The molecule has 0 bridgehead atoms. The van der Waals surface area contributed by atoms with E-state index < -0.39 is 5.60 Å². The monoisotopic (exact) mass is 300 g/mol. The van der Waals surface area contributed by atoms with Crippen LogP contribution in [0, 0.1) is 5.92 Å². The van der Waals surface area contributed by atoms with E-state index >= 15 is 0 Å². The van der Waals surface area contributed by atoms with Crippen molar-refractivity contribution in [1.82, 2.24) is 4.90 Å². The van der Waals surface area contributed by atoms with Crippen molar-refractivity contribution in [2.75, 3.05) is 25.4 Å². The molecule has 2 saturated heterocycles. The van der Waals surface area contributed by atoms with E-state index in [-0.39, 0.29) is 6.09 Å². The molecule has 4 nitrogen and oxygen atoms in total. The molecule has 2 aliphatic rings. The highest BCUT2D eigenvalue weighted by Crippen LogP contribution is 2.49. The number of rotatable bonds is 1. The van der Waals surface area contributed by atoms with Crippen LogP contribution in [-0.4, -0.2) is 46.7 Å². The van der Waals surface area contributed by atoms with Gasteiger partial charge in [0.25, 0.3) is 0 Å². The average molecular weight is 300 g/mol. The number of ether oxygens (including phenoxy) is 1. The fourth-order valence-corrected chi connectivity index (χ4v) is 5.09. The predicted octanol–water partition coefficient (Wildman–Crippen LogP) is 2.86. The summed E-state index contributed by atoms with van der Waals surface area (Å²) in [6, 6.07) is 0. The Labute approximate surface area is 126 Å². The van der Waals surface area contributed by atoms with Gasteiger partial charge in [0.2, 0.25) is 0 Å². The number of hydrogen-bond acceptors (Lipinski definition) is 4. The summed E-state index contributed by atoms with van der Waals surface area (Å²) in [6.45, 7) is 8.15. The molecule has 1 spiro atoms. The van der Waals surface area contributed by atoms with E-state index in [0.717, 1.165) is 32.5 Å². The Balaban J connectivity index is 1.97. The third-order valence-electron chi connectivity index (χ3n) is 4.37. The molecule has 0 aromatic carbocycles. The molecule has 2 N–H and O–H groups in total. The molecular formula is C15H28N2O2S. The van der Waals surface area contributed by atoms with Gasteiger partial charge in [0.15, 0.2) is 0 Å². The average Bonchev–Trinajstić information content (AvgIpc) is 2.60. The van der Waals surface area contributed by atoms with E-state index in [2.05, 4.69) is 11.8 Å². The van der Waals surface area contributed by atoms with E-state index in [1.807, 2.05) is 25.7 Å². The van der Waals surface area contributed by atoms with Crippen LogP contribution in [-0.2, 0) is 4.74 Å². The maximum atomic E-state index is 12.2. The molecule has 2 aliphatic heterocycles. The normalized spacial score (nSPS) is 31.4. The molecule has 20 heavy (non-hydrogen) atoms. The zero-order valence-corrected chi connectivity index (χ0v) is 13.8. The summed E-state index contributed by atoms with van der Waals surface area (Å²) < 4.78 is 5.80. The SMILES string of the molecule is CC(C)(C)OC(=O)N1CCCC2(CC1)SCCC2CN. The lowest BCUT2D eigenvalue weighted by atomic mass is 9.84. The van der Waals surface area contributed by atoms with Crippen LogP contribution in [0.25, 0.3) is 0 Å². The molecule has 2 heterocycles. The first-order chi connectivity index (χ1) is 9.36. The highest BCUT2D eigenvalue weighted by Gasteiger charge is 2.44. The minimum Gasteiger partial charge on any atom is -0.444 e. The molecule has 2 atom stereocenters. The van der Waals surface area contributed by atoms with Crippen LogP contribution < -0.4 is 5.73 Å². The number of hydrogen-bond donors (Lipinski definition) is 1. The molecule has 0 saturated carbocycles. The zero-order chi connectivity index (χ0) is 14.8. The number of carbonyl (C=O) groups is 1. The summed E-state index contributed by atoms with van der Waals surface area (Å²) in [7, 11) is 0. The fourth-order valence-electron chi connectivity index (χ4n) is 3.31. The first-order valence-electron chi connectivity index (χ1n) is 7.68.